The van der Waals surface area contributed by atoms with Crippen LogP contribution in [0.1, 0.15) is 28.0 Å². The van der Waals surface area contributed by atoms with Crippen molar-refractivity contribution in [1.82, 2.24) is 4.98 Å². The number of ketones is 1. The summed E-state index contributed by atoms with van der Waals surface area (Å²) < 4.78 is 10.7. The summed E-state index contributed by atoms with van der Waals surface area (Å²) in [6.07, 6.45) is 2.69. The predicted octanol–water partition coefficient (Wildman–Crippen LogP) is 2.72. The molecule has 3 rings (SSSR count). The first-order valence-corrected chi connectivity index (χ1v) is 7.45. The molecule has 5 heteroatoms. The third-order valence-electron chi connectivity index (χ3n) is 3.88. The van der Waals surface area contributed by atoms with Crippen LogP contribution in [0, 0.1) is 0 Å². The van der Waals surface area contributed by atoms with Gasteiger partial charge >= 0.3 is 0 Å². The van der Waals surface area contributed by atoms with Crippen molar-refractivity contribution in [2.24, 2.45) is 4.99 Å². The van der Waals surface area contributed by atoms with Gasteiger partial charge in [0.2, 0.25) is 0 Å². The minimum atomic E-state index is -0.0352. The third kappa shape index (κ3) is 3.08. The monoisotopic (exact) mass is 310 g/mol. The van der Waals surface area contributed by atoms with E-state index < -0.39 is 0 Å². The lowest BCUT2D eigenvalue weighted by molar-refractivity contribution is 0.0996. The molecule has 0 bridgehead atoms. The van der Waals surface area contributed by atoms with E-state index in [0.29, 0.717) is 23.7 Å². The summed E-state index contributed by atoms with van der Waals surface area (Å²) in [4.78, 5) is 21.1. The first kappa shape index (κ1) is 15.2. The summed E-state index contributed by atoms with van der Waals surface area (Å²) in [5.41, 5.74) is 3.32. The molecule has 0 atom stereocenters. The topological polar surface area (TPSA) is 60.8 Å². The van der Waals surface area contributed by atoms with Crippen LogP contribution >= 0.6 is 0 Å². The van der Waals surface area contributed by atoms with E-state index in [-0.39, 0.29) is 12.2 Å². The highest BCUT2D eigenvalue weighted by atomic mass is 16.5. The Bertz CT molecular complexity index is 754. The molecule has 1 aromatic carbocycles. The number of benzene rings is 1. The molecule has 0 N–H and O–H groups in total. The number of ether oxygens (including phenoxy) is 2. The maximum Gasteiger partial charge on any atom is 0.187 e. The molecule has 0 fully saturated rings. The first-order chi connectivity index (χ1) is 11.2. The van der Waals surface area contributed by atoms with Crippen molar-refractivity contribution in [3.63, 3.8) is 0 Å². The second-order valence-electron chi connectivity index (χ2n) is 5.26. The second-order valence-corrected chi connectivity index (χ2v) is 5.26. The average molecular weight is 310 g/mol. The van der Waals surface area contributed by atoms with E-state index in [9.17, 15) is 4.79 Å². The summed E-state index contributed by atoms with van der Waals surface area (Å²) in [7, 11) is 3.22. The number of hydrogen-bond donors (Lipinski definition) is 0. The van der Waals surface area contributed by atoms with Gasteiger partial charge in [0.1, 0.15) is 5.69 Å². The Balaban J connectivity index is 1.91. The maximum absolute atomic E-state index is 12.4. The molecule has 0 saturated heterocycles. The van der Waals surface area contributed by atoms with Gasteiger partial charge in [-0.25, -0.2) is 0 Å². The van der Waals surface area contributed by atoms with Gasteiger partial charge in [-0.2, -0.15) is 0 Å². The maximum atomic E-state index is 12.4. The number of carbonyl (C=O) groups is 1. The van der Waals surface area contributed by atoms with Gasteiger partial charge in [-0.3, -0.25) is 14.8 Å². The number of rotatable bonds is 5. The van der Waals surface area contributed by atoms with Gasteiger partial charge in [0.15, 0.2) is 17.3 Å². The summed E-state index contributed by atoms with van der Waals surface area (Å²) in [5.74, 6) is 1.31. The predicted molar refractivity (Wildman–Crippen MR) is 87.8 cm³/mol. The van der Waals surface area contributed by atoms with Crippen LogP contribution in [0.2, 0.25) is 0 Å². The number of Topliss-reactive ketones (excluding diaryl/α,β-unsaturated/α-hetero) is 1. The van der Waals surface area contributed by atoms with E-state index in [4.69, 9.17) is 9.47 Å². The van der Waals surface area contributed by atoms with Crippen LogP contribution in [-0.2, 0) is 6.42 Å². The number of carbonyl (C=O) groups excluding carboxylic acids is 1. The first-order valence-electron chi connectivity index (χ1n) is 7.45. The molecule has 5 nitrogen and oxygen atoms in total. The Hall–Kier alpha value is -2.69. The molecule has 0 spiro atoms. The van der Waals surface area contributed by atoms with E-state index in [1.807, 2.05) is 18.2 Å². The number of aromatic nitrogens is 1. The number of fused-ring (bicyclic) bond motifs is 1. The van der Waals surface area contributed by atoms with Crippen LogP contribution in [0.4, 0.5) is 0 Å². The molecular formula is C18H18N2O3. The van der Waals surface area contributed by atoms with Crippen molar-refractivity contribution in [1.29, 1.82) is 0 Å². The fourth-order valence-electron chi connectivity index (χ4n) is 2.71. The summed E-state index contributed by atoms with van der Waals surface area (Å²) in [6.45, 7) is 0.674. The Morgan fingerprint density at radius 2 is 1.96 bits per heavy atom. The van der Waals surface area contributed by atoms with Crippen molar-refractivity contribution < 1.29 is 14.3 Å². The molecule has 2 aromatic rings. The second kappa shape index (κ2) is 6.60. The molecule has 23 heavy (non-hydrogen) atoms. The van der Waals surface area contributed by atoms with E-state index >= 15 is 0 Å². The molecule has 0 saturated carbocycles. The van der Waals surface area contributed by atoms with Crippen molar-refractivity contribution in [3.8, 4) is 11.5 Å². The van der Waals surface area contributed by atoms with Gasteiger partial charge in [0, 0.05) is 18.3 Å². The SMILES string of the molecule is COc1cc2c(cc1OC)C(CC(=O)c1ccccn1)=NCC2. The summed E-state index contributed by atoms with van der Waals surface area (Å²) in [6, 6.07) is 9.19. The van der Waals surface area contributed by atoms with E-state index in [1.54, 1.807) is 32.5 Å². The zero-order chi connectivity index (χ0) is 16.2. The molecule has 0 aliphatic carbocycles. The molecular weight excluding hydrogens is 292 g/mol. The average Bonchev–Trinajstić information content (AvgIpc) is 2.61. The molecule has 0 amide bonds. The number of hydrogen-bond acceptors (Lipinski definition) is 5. The fourth-order valence-corrected chi connectivity index (χ4v) is 2.71. The van der Waals surface area contributed by atoms with Crippen molar-refractivity contribution >= 4 is 11.5 Å². The summed E-state index contributed by atoms with van der Waals surface area (Å²) in [5, 5.41) is 0. The van der Waals surface area contributed by atoms with Gasteiger partial charge in [0.05, 0.1) is 26.4 Å². The van der Waals surface area contributed by atoms with Crippen LogP contribution in [0.15, 0.2) is 41.5 Å². The van der Waals surface area contributed by atoms with Gasteiger partial charge in [-0.15, -0.1) is 0 Å². The third-order valence-corrected chi connectivity index (χ3v) is 3.88. The number of methoxy groups -OCH3 is 2. The van der Waals surface area contributed by atoms with Gasteiger partial charge in [-0.1, -0.05) is 6.07 Å². The minimum absolute atomic E-state index is 0.0352. The lowest BCUT2D eigenvalue weighted by atomic mass is 9.93. The van der Waals surface area contributed by atoms with Crippen molar-refractivity contribution in [2.45, 2.75) is 12.8 Å². The van der Waals surface area contributed by atoms with E-state index in [1.165, 1.54) is 0 Å². The van der Waals surface area contributed by atoms with Crippen molar-refractivity contribution in [2.75, 3.05) is 20.8 Å². The smallest absolute Gasteiger partial charge is 0.187 e. The Morgan fingerprint density at radius 3 is 2.65 bits per heavy atom. The van der Waals surface area contributed by atoms with Crippen LogP contribution < -0.4 is 9.47 Å². The molecule has 1 aliphatic heterocycles. The van der Waals surface area contributed by atoms with E-state index in [2.05, 4.69) is 9.98 Å². The van der Waals surface area contributed by atoms with Crippen LogP contribution in [0.5, 0.6) is 11.5 Å². The largest absolute Gasteiger partial charge is 0.493 e. The van der Waals surface area contributed by atoms with Crippen molar-refractivity contribution in [3.05, 3.63) is 53.3 Å². The normalized spacial score (nSPS) is 13.0. The molecule has 1 aromatic heterocycles. The highest BCUT2D eigenvalue weighted by Crippen LogP contribution is 2.33. The zero-order valence-electron chi connectivity index (χ0n) is 13.2. The lowest BCUT2D eigenvalue weighted by Crippen LogP contribution is -2.18. The number of nitrogens with zero attached hydrogens (tertiary/aromatic N) is 2. The Morgan fingerprint density at radius 1 is 1.17 bits per heavy atom. The Kier molecular flexibility index (Phi) is 4.37. The zero-order valence-corrected chi connectivity index (χ0v) is 13.2. The van der Waals surface area contributed by atoms with Gasteiger partial charge < -0.3 is 9.47 Å². The number of pyridine rings is 1. The van der Waals surface area contributed by atoms with Crippen LogP contribution in [-0.4, -0.2) is 37.2 Å². The molecule has 0 radical (unpaired) electrons. The lowest BCUT2D eigenvalue weighted by Gasteiger charge is -2.19. The van der Waals surface area contributed by atoms with Crippen LogP contribution in [0.25, 0.3) is 0 Å². The molecule has 118 valence electrons. The fraction of sp³-hybridized carbons (Fsp3) is 0.278. The van der Waals surface area contributed by atoms with Crippen LogP contribution in [0.3, 0.4) is 0 Å². The molecule has 0 unspecified atom stereocenters. The molecule has 2 heterocycles. The highest BCUT2D eigenvalue weighted by molar-refractivity contribution is 6.16. The summed E-state index contributed by atoms with van der Waals surface area (Å²) >= 11 is 0. The quantitative estimate of drug-likeness (QED) is 0.797. The Labute approximate surface area is 135 Å². The number of aliphatic imine (C=N–C) groups is 1. The van der Waals surface area contributed by atoms with Gasteiger partial charge in [0.25, 0.3) is 0 Å². The minimum Gasteiger partial charge on any atom is -0.493 e. The highest BCUT2D eigenvalue weighted by Gasteiger charge is 2.21. The van der Waals surface area contributed by atoms with E-state index in [0.717, 1.165) is 23.3 Å². The standard InChI is InChI=1S/C18H18N2O3/c1-22-17-9-12-6-8-20-15(13(12)10-18(17)23-2)11-16(21)14-5-3-4-7-19-14/h3-5,7,9-10H,6,8,11H2,1-2H3. The molecule has 1 aliphatic rings. The van der Waals surface area contributed by atoms with Gasteiger partial charge in [-0.05, 0) is 36.2 Å².